The Bertz CT molecular complexity index is 1170. The van der Waals surface area contributed by atoms with Crippen molar-refractivity contribution in [3.63, 3.8) is 0 Å². The van der Waals surface area contributed by atoms with Crippen LogP contribution < -0.4 is 15.8 Å². The van der Waals surface area contributed by atoms with Crippen molar-refractivity contribution < 1.29 is 9.18 Å². The fourth-order valence-electron chi connectivity index (χ4n) is 4.30. The SMILES string of the molecule is C[C@H]1CNC(=O)c2cnn3ccc(nc23)N2CCC[C@@H]2c2cc(F)cn(c2=O)C1. The minimum Gasteiger partial charge on any atom is -0.352 e. The van der Waals surface area contributed by atoms with Gasteiger partial charge in [0.15, 0.2) is 5.65 Å². The van der Waals surface area contributed by atoms with Crippen LogP contribution in [0.5, 0.6) is 0 Å². The zero-order valence-corrected chi connectivity index (χ0v) is 16.0. The molecule has 5 heterocycles. The Morgan fingerprint density at radius 1 is 1.31 bits per heavy atom. The maximum atomic E-state index is 14.4. The van der Waals surface area contributed by atoms with Crippen LogP contribution in [0, 0.1) is 11.7 Å². The molecule has 150 valence electrons. The van der Waals surface area contributed by atoms with Gasteiger partial charge in [-0.25, -0.2) is 13.9 Å². The van der Waals surface area contributed by atoms with Crippen molar-refractivity contribution in [1.82, 2.24) is 24.5 Å². The first-order valence-electron chi connectivity index (χ1n) is 9.80. The van der Waals surface area contributed by atoms with Gasteiger partial charge in [-0.2, -0.15) is 5.10 Å². The van der Waals surface area contributed by atoms with Crippen molar-refractivity contribution in [3.05, 3.63) is 58.0 Å². The molecule has 0 unspecified atom stereocenters. The maximum Gasteiger partial charge on any atom is 0.256 e. The molecule has 2 aliphatic rings. The summed E-state index contributed by atoms with van der Waals surface area (Å²) in [5, 5.41) is 7.10. The summed E-state index contributed by atoms with van der Waals surface area (Å²) in [6, 6.07) is 2.91. The van der Waals surface area contributed by atoms with E-state index in [1.165, 1.54) is 23.0 Å². The molecule has 8 nitrogen and oxygen atoms in total. The number of hydrogen-bond acceptors (Lipinski definition) is 5. The summed E-state index contributed by atoms with van der Waals surface area (Å²) in [5.41, 5.74) is 1.14. The minimum absolute atomic E-state index is 0.0562. The van der Waals surface area contributed by atoms with Crippen molar-refractivity contribution >= 4 is 17.4 Å². The van der Waals surface area contributed by atoms with Crippen LogP contribution in [0.25, 0.3) is 5.65 Å². The normalized spacial score (nSPS) is 21.9. The predicted octanol–water partition coefficient (Wildman–Crippen LogP) is 1.75. The van der Waals surface area contributed by atoms with E-state index < -0.39 is 5.82 Å². The van der Waals surface area contributed by atoms with Gasteiger partial charge in [0.1, 0.15) is 17.2 Å². The molecule has 0 aromatic carbocycles. The molecule has 1 saturated heterocycles. The summed E-state index contributed by atoms with van der Waals surface area (Å²) in [7, 11) is 0. The smallest absolute Gasteiger partial charge is 0.256 e. The standard InChI is InChI=1S/C20H21FN6O2/c1-12-8-22-19(28)15-9-23-27-6-4-17(24-18(15)27)26-5-2-3-16(26)14-7-13(21)11-25(10-12)20(14)29/h4,6-7,9,11-12,16H,2-3,5,8,10H2,1H3,(H,22,28)/t12-,16+/m0/s1. The van der Waals surface area contributed by atoms with Gasteiger partial charge in [-0.15, -0.1) is 0 Å². The summed E-state index contributed by atoms with van der Waals surface area (Å²) in [6.45, 7) is 3.29. The lowest BCUT2D eigenvalue weighted by Gasteiger charge is -2.26. The first kappa shape index (κ1) is 17.8. The molecule has 1 N–H and O–H groups in total. The van der Waals surface area contributed by atoms with Gasteiger partial charge < -0.3 is 14.8 Å². The number of rotatable bonds is 0. The summed E-state index contributed by atoms with van der Waals surface area (Å²) in [5.74, 6) is -0.107. The quantitative estimate of drug-likeness (QED) is 0.626. The Balaban J connectivity index is 1.71. The topological polar surface area (TPSA) is 84.5 Å². The van der Waals surface area contributed by atoms with Crippen LogP contribution in [0.3, 0.4) is 0 Å². The lowest BCUT2D eigenvalue weighted by molar-refractivity contribution is 0.0948. The van der Waals surface area contributed by atoms with Crippen molar-refractivity contribution in [2.24, 2.45) is 5.92 Å². The van der Waals surface area contributed by atoms with Crippen LogP contribution in [0.2, 0.25) is 0 Å². The van der Waals surface area contributed by atoms with Gasteiger partial charge in [-0.05, 0) is 30.9 Å². The number of anilines is 1. The number of carbonyl (C=O) groups excluding carboxylic acids is 1. The van der Waals surface area contributed by atoms with E-state index in [1.807, 2.05) is 17.9 Å². The van der Waals surface area contributed by atoms with Gasteiger partial charge in [-0.1, -0.05) is 6.92 Å². The van der Waals surface area contributed by atoms with E-state index in [0.29, 0.717) is 42.2 Å². The molecule has 4 bridgehead atoms. The van der Waals surface area contributed by atoms with Crippen LogP contribution in [0.4, 0.5) is 10.2 Å². The molecule has 0 spiro atoms. The molecule has 29 heavy (non-hydrogen) atoms. The van der Waals surface area contributed by atoms with Gasteiger partial charge in [0, 0.05) is 37.6 Å². The monoisotopic (exact) mass is 396 g/mol. The molecule has 5 rings (SSSR count). The highest BCUT2D eigenvalue weighted by Gasteiger charge is 2.31. The number of aromatic nitrogens is 4. The predicted molar refractivity (Wildman–Crippen MR) is 104 cm³/mol. The molecule has 3 aromatic heterocycles. The molecule has 0 aliphatic carbocycles. The Morgan fingerprint density at radius 2 is 2.17 bits per heavy atom. The molecule has 2 atom stereocenters. The van der Waals surface area contributed by atoms with Gasteiger partial charge in [0.2, 0.25) is 0 Å². The molecule has 3 aromatic rings. The number of halogens is 1. The fraction of sp³-hybridized carbons (Fsp3) is 0.400. The third-order valence-corrected chi connectivity index (χ3v) is 5.70. The second-order valence-electron chi connectivity index (χ2n) is 7.85. The minimum atomic E-state index is -0.434. The number of pyridine rings is 1. The molecule has 1 amide bonds. The average Bonchev–Trinajstić information content (AvgIpc) is 3.34. The first-order chi connectivity index (χ1) is 14.0. The largest absolute Gasteiger partial charge is 0.352 e. The van der Waals surface area contributed by atoms with Gasteiger partial charge >= 0.3 is 0 Å². The van der Waals surface area contributed by atoms with E-state index in [0.717, 1.165) is 12.8 Å². The van der Waals surface area contributed by atoms with E-state index >= 15 is 0 Å². The number of nitrogens with one attached hydrogen (secondary N) is 1. The second kappa shape index (κ2) is 6.68. The van der Waals surface area contributed by atoms with E-state index in [2.05, 4.69) is 15.4 Å². The Kier molecular flexibility index (Phi) is 4.11. The molecule has 0 radical (unpaired) electrons. The highest BCUT2D eigenvalue weighted by atomic mass is 19.1. The van der Waals surface area contributed by atoms with Crippen LogP contribution in [-0.2, 0) is 6.54 Å². The van der Waals surface area contributed by atoms with Crippen LogP contribution in [0.15, 0.2) is 35.5 Å². The van der Waals surface area contributed by atoms with Gasteiger partial charge in [-0.3, -0.25) is 9.59 Å². The Hall–Kier alpha value is -3.23. The number of fused-ring (bicyclic) bond motifs is 6. The summed E-state index contributed by atoms with van der Waals surface area (Å²) in [4.78, 5) is 32.5. The van der Waals surface area contributed by atoms with E-state index in [4.69, 9.17) is 0 Å². The summed E-state index contributed by atoms with van der Waals surface area (Å²) in [6.07, 6.45) is 6.13. The van der Waals surface area contributed by atoms with Crippen LogP contribution in [0.1, 0.15) is 41.7 Å². The van der Waals surface area contributed by atoms with Gasteiger partial charge in [0.05, 0.1) is 12.2 Å². The van der Waals surface area contributed by atoms with Crippen molar-refractivity contribution in [3.8, 4) is 0 Å². The highest BCUT2D eigenvalue weighted by molar-refractivity contribution is 5.99. The Labute approximate surface area is 166 Å². The van der Waals surface area contributed by atoms with E-state index in [-0.39, 0.29) is 23.4 Å². The van der Waals surface area contributed by atoms with Crippen molar-refractivity contribution in [2.75, 3.05) is 18.0 Å². The summed E-state index contributed by atoms with van der Waals surface area (Å²) >= 11 is 0. The third kappa shape index (κ3) is 2.97. The van der Waals surface area contributed by atoms with E-state index in [9.17, 15) is 14.0 Å². The zero-order valence-electron chi connectivity index (χ0n) is 16.0. The molecule has 1 fully saturated rings. The van der Waals surface area contributed by atoms with Crippen LogP contribution in [-0.4, -0.2) is 38.2 Å². The molecule has 0 saturated carbocycles. The fourth-order valence-corrected chi connectivity index (χ4v) is 4.30. The number of amides is 1. The zero-order chi connectivity index (χ0) is 20.1. The van der Waals surface area contributed by atoms with Crippen molar-refractivity contribution in [1.29, 1.82) is 0 Å². The Morgan fingerprint density at radius 3 is 3.03 bits per heavy atom. The third-order valence-electron chi connectivity index (χ3n) is 5.70. The average molecular weight is 396 g/mol. The molecular formula is C20H21FN6O2. The highest BCUT2D eigenvalue weighted by Crippen LogP contribution is 2.34. The molecule has 9 heteroatoms. The lowest BCUT2D eigenvalue weighted by atomic mass is 10.1. The number of nitrogens with zero attached hydrogens (tertiary/aromatic N) is 5. The van der Waals surface area contributed by atoms with Crippen LogP contribution >= 0.6 is 0 Å². The molecule has 2 aliphatic heterocycles. The van der Waals surface area contributed by atoms with E-state index in [1.54, 1.807) is 10.7 Å². The summed E-state index contributed by atoms with van der Waals surface area (Å²) < 4.78 is 17.4. The van der Waals surface area contributed by atoms with Gasteiger partial charge in [0.25, 0.3) is 11.5 Å². The number of hydrogen-bond donors (Lipinski definition) is 1. The second-order valence-corrected chi connectivity index (χ2v) is 7.85. The van der Waals surface area contributed by atoms with Crippen molar-refractivity contribution in [2.45, 2.75) is 32.4 Å². The maximum absolute atomic E-state index is 14.4. The first-order valence-corrected chi connectivity index (χ1v) is 9.80. The number of carbonyl (C=O) groups is 1. The molecular weight excluding hydrogens is 375 g/mol. The lowest BCUT2D eigenvalue weighted by Crippen LogP contribution is -2.36.